The molecule has 1 aromatic rings. The van der Waals surface area contributed by atoms with Crippen LogP contribution in [0.15, 0.2) is 24.3 Å². The zero-order valence-corrected chi connectivity index (χ0v) is 15.4. The van der Waals surface area contributed by atoms with E-state index in [2.05, 4.69) is 10.6 Å². The molecule has 0 aliphatic heterocycles. The van der Waals surface area contributed by atoms with Crippen LogP contribution in [0, 0.1) is 0 Å². The summed E-state index contributed by atoms with van der Waals surface area (Å²) in [6.45, 7) is 4.88. The Kier molecular flexibility index (Phi) is 7.21. The number of ether oxygens (including phenoxy) is 1. The number of hydrogen-bond donors (Lipinski definition) is 3. The third-order valence-corrected chi connectivity index (χ3v) is 3.01. The van der Waals surface area contributed by atoms with Crippen LogP contribution in [-0.4, -0.2) is 42.3 Å². The SMILES string of the molecule is CC(NC(=O)OC(C)(C)C)C(=O)Nc1ccccc1C(=O)NCC(F)(F)F. The van der Waals surface area contributed by atoms with Crippen LogP contribution in [-0.2, 0) is 9.53 Å². The second-order valence-electron chi connectivity index (χ2n) is 6.70. The first-order valence-corrected chi connectivity index (χ1v) is 8.03. The van der Waals surface area contributed by atoms with Crippen molar-refractivity contribution in [3.8, 4) is 0 Å². The maximum Gasteiger partial charge on any atom is 0.408 e. The lowest BCUT2D eigenvalue weighted by Crippen LogP contribution is -2.44. The minimum Gasteiger partial charge on any atom is -0.444 e. The maximum absolute atomic E-state index is 12.3. The summed E-state index contributed by atoms with van der Waals surface area (Å²) in [5.41, 5.74) is -0.872. The van der Waals surface area contributed by atoms with Crippen molar-refractivity contribution in [2.45, 2.75) is 45.5 Å². The summed E-state index contributed by atoms with van der Waals surface area (Å²) in [5, 5.41) is 6.47. The number of hydrogen-bond acceptors (Lipinski definition) is 4. The smallest absolute Gasteiger partial charge is 0.408 e. The van der Waals surface area contributed by atoms with Crippen LogP contribution < -0.4 is 16.0 Å². The summed E-state index contributed by atoms with van der Waals surface area (Å²) < 4.78 is 41.8. The van der Waals surface area contributed by atoms with Gasteiger partial charge in [0.2, 0.25) is 5.91 Å². The Balaban J connectivity index is 2.77. The van der Waals surface area contributed by atoms with Crippen molar-refractivity contribution in [2.24, 2.45) is 0 Å². The lowest BCUT2D eigenvalue weighted by molar-refractivity contribution is -0.123. The highest BCUT2D eigenvalue weighted by molar-refractivity contribution is 6.05. The fourth-order valence-electron chi connectivity index (χ4n) is 1.86. The molecule has 27 heavy (non-hydrogen) atoms. The number of benzene rings is 1. The number of amides is 3. The van der Waals surface area contributed by atoms with Gasteiger partial charge >= 0.3 is 12.3 Å². The number of nitrogens with one attached hydrogen (secondary N) is 3. The minimum atomic E-state index is -4.56. The van der Waals surface area contributed by atoms with Crippen LogP contribution in [0.1, 0.15) is 38.1 Å². The zero-order chi connectivity index (χ0) is 20.8. The summed E-state index contributed by atoms with van der Waals surface area (Å²) in [6.07, 6.45) is -5.36. The molecule has 0 bridgehead atoms. The second kappa shape index (κ2) is 8.74. The summed E-state index contributed by atoms with van der Waals surface area (Å²) in [5.74, 6) is -1.66. The number of alkyl halides is 3. The van der Waals surface area contributed by atoms with Crippen molar-refractivity contribution < 1.29 is 32.3 Å². The molecule has 3 N–H and O–H groups in total. The van der Waals surface area contributed by atoms with Gasteiger partial charge < -0.3 is 20.7 Å². The number of para-hydroxylation sites is 1. The molecular weight excluding hydrogens is 367 g/mol. The molecule has 10 heteroatoms. The Labute approximate surface area is 154 Å². The molecule has 0 aliphatic rings. The monoisotopic (exact) mass is 389 g/mol. The molecule has 1 rings (SSSR count). The van der Waals surface area contributed by atoms with Gasteiger partial charge in [0.05, 0.1) is 11.3 Å². The highest BCUT2D eigenvalue weighted by atomic mass is 19.4. The Morgan fingerprint density at radius 1 is 1.11 bits per heavy atom. The molecule has 0 saturated heterocycles. The molecule has 0 heterocycles. The van der Waals surface area contributed by atoms with Gasteiger partial charge in [0, 0.05) is 0 Å². The van der Waals surface area contributed by atoms with Gasteiger partial charge in [-0.25, -0.2) is 4.79 Å². The van der Waals surface area contributed by atoms with Gasteiger partial charge in [-0.2, -0.15) is 13.2 Å². The van der Waals surface area contributed by atoms with E-state index in [4.69, 9.17) is 4.74 Å². The molecule has 1 unspecified atom stereocenters. The van der Waals surface area contributed by atoms with Crippen LogP contribution in [0.25, 0.3) is 0 Å². The lowest BCUT2D eigenvalue weighted by atomic mass is 10.1. The van der Waals surface area contributed by atoms with Crippen LogP contribution in [0.2, 0.25) is 0 Å². The molecule has 0 aromatic heterocycles. The van der Waals surface area contributed by atoms with E-state index in [0.717, 1.165) is 0 Å². The Morgan fingerprint density at radius 3 is 2.26 bits per heavy atom. The molecule has 1 atom stereocenters. The lowest BCUT2D eigenvalue weighted by Gasteiger charge is -2.22. The average molecular weight is 389 g/mol. The van der Waals surface area contributed by atoms with Gasteiger partial charge in [-0.3, -0.25) is 9.59 Å². The third kappa shape index (κ3) is 8.43. The fraction of sp³-hybridized carbons (Fsp3) is 0.471. The van der Waals surface area contributed by atoms with E-state index in [1.807, 2.05) is 0 Å². The van der Waals surface area contributed by atoms with E-state index in [1.165, 1.54) is 31.2 Å². The minimum absolute atomic E-state index is 0.0139. The first-order valence-electron chi connectivity index (χ1n) is 8.03. The predicted octanol–water partition coefficient (Wildman–Crippen LogP) is 2.83. The molecule has 150 valence electrons. The Hall–Kier alpha value is -2.78. The Morgan fingerprint density at radius 2 is 1.70 bits per heavy atom. The number of carbonyl (C=O) groups excluding carboxylic acids is 3. The number of rotatable bonds is 5. The summed E-state index contributed by atoms with van der Waals surface area (Å²) in [4.78, 5) is 35.9. The molecule has 0 spiro atoms. The topological polar surface area (TPSA) is 96.5 Å². The van der Waals surface area contributed by atoms with Crippen molar-refractivity contribution >= 4 is 23.6 Å². The van der Waals surface area contributed by atoms with Gasteiger partial charge in [-0.15, -0.1) is 0 Å². The van der Waals surface area contributed by atoms with Crippen LogP contribution in [0.3, 0.4) is 0 Å². The van der Waals surface area contributed by atoms with Crippen molar-refractivity contribution in [1.82, 2.24) is 10.6 Å². The van der Waals surface area contributed by atoms with E-state index >= 15 is 0 Å². The van der Waals surface area contributed by atoms with Crippen LogP contribution in [0.4, 0.5) is 23.7 Å². The highest BCUT2D eigenvalue weighted by Gasteiger charge is 2.28. The molecule has 7 nitrogen and oxygen atoms in total. The number of alkyl carbamates (subject to hydrolysis) is 1. The van der Waals surface area contributed by atoms with E-state index in [9.17, 15) is 27.6 Å². The van der Waals surface area contributed by atoms with Crippen LogP contribution >= 0.6 is 0 Å². The molecule has 0 aliphatic carbocycles. The van der Waals surface area contributed by atoms with Gasteiger partial charge in [-0.05, 0) is 39.8 Å². The van der Waals surface area contributed by atoms with Gasteiger partial charge in [0.1, 0.15) is 18.2 Å². The number of halogens is 3. The van der Waals surface area contributed by atoms with Crippen molar-refractivity contribution in [3.63, 3.8) is 0 Å². The first-order chi connectivity index (χ1) is 12.3. The van der Waals surface area contributed by atoms with E-state index in [-0.39, 0.29) is 11.3 Å². The van der Waals surface area contributed by atoms with Crippen molar-refractivity contribution in [3.05, 3.63) is 29.8 Å². The largest absolute Gasteiger partial charge is 0.444 e. The van der Waals surface area contributed by atoms with Gasteiger partial charge in [0.15, 0.2) is 0 Å². The summed E-state index contributed by atoms with van der Waals surface area (Å²) in [6, 6.07) is 4.57. The molecular formula is C17H22F3N3O4. The van der Waals surface area contributed by atoms with Crippen molar-refractivity contribution in [1.29, 1.82) is 0 Å². The predicted molar refractivity (Wildman–Crippen MR) is 92.3 cm³/mol. The van der Waals surface area contributed by atoms with Crippen LogP contribution in [0.5, 0.6) is 0 Å². The van der Waals surface area contributed by atoms with Gasteiger partial charge in [0.25, 0.3) is 5.91 Å². The number of anilines is 1. The quantitative estimate of drug-likeness (QED) is 0.722. The molecule has 0 fully saturated rings. The first kappa shape index (κ1) is 22.3. The normalized spacial score (nSPS) is 12.7. The fourth-order valence-corrected chi connectivity index (χ4v) is 1.86. The third-order valence-electron chi connectivity index (χ3n) is 3.01. The van der Waals surface area contributed by atoms with Gasteiger partial charge in [-0.1, -0.05) is 12.1 Å². The van der Waals surface area contributed by atoms with Crippen molar-refractivity contribution in [2.75, 3.05) is 11.9 Å². The zero-order valence-electron chi connectivity index (χ0n) is 15.4. The highest BCUT2D eigenvalue weighted by Crippen LogP contribution is 2.17. The second-order valence-corrected chi connectivity index (χ2v) is 6.70. The number of carbonyl (C=O) groups is 3. The molecule has 0 radical (unpaired) electrons. The molecule has 1 aromatic carbocycles. The molecule has 3 amide bonds. The summed E-state index contributed by atoms with van der Waals surface area (Å²) >= 11 is 0. The maximum atomic E-state index is 12.3. The standard InChI is InChI=1S/C17H22F3N3O4/c1-10(22-15(26)27-16(2,3)4)13(24)23-12-8-6-5-7-11(12)14(25)21-9-17(18,19)20/h5-8,10H,9H2,1-4H3,(H,21,25)(H,22,26)(H,23,24). The Bertz CT molecular complexity index is 699. The summed E-state index contributed by atoms with van der Waals surface area (Å²) in [7, 11) is 0. The molecule has 0 saturated carbocycles. The van der Waals surface area contributed by atoms with E-state index in [1.54, 1.807) is 26.1 Å². The van der Waals surface area contributed by atoms with E-state index < -0.39 is 42.3 Å². The average Bonchev–Trinajstić information content (AvgIpc) is 2.50. The van der Waals surface area contributed by atoms with E-state index in [0.29, 0.717) is 0 Å².